The van der Waals surface area contributed by atoms with E-state index in [9.17, 15) is 14.4 Å². The van der Waals surface area contributed by atoms with Crippen molar-refractivity contribution in [3.05, 3.63) is 71.3 Å². The summed E-state index contributed by atoms with van der Waals surface area (Å²) in [7, 11) is 0. The van der Waals surface area contributed by atoms with Gasteiger partial charge in [-0.25, -0.2) is 4.79 Å². The van der Waals surface area contributed by atoms with E-state index in [0.717, 1.165) is 16.7 Å². The second kappa shape index (κ2) is 10.7. The van der Waals surface area contributed by atoms with Crippen LogP contribution >= 0.6 is 0 Å². The van der Waals surface area contributed by atoms with Crippen molar-refractivity contribution in [3.8, 4) is 0 Å². The summed E-state index contributed by atoms with van der Waals surface area (Å²) in [5.41, 5.74) is 8.05. The van der Waals surface area contributed by atoms with Gasteiger partial charge in [0, 0.05) is 13.0 Å². The fourth-order valence-corrected chi connectivity index (χ4v) is 2.48. The van der Waals surface area contributed by atoms with Crippen molar-refractivity contribution in [2.45, 2.75) is 39.0 Å². The summed E-state index contributed by atoms with van der Waals surface area (Å²) in [4.78, 5) is 35.6. The van der Waals surface area contributed by atoms with E-state index in [-0.39, 0.29) is 19.4 Å². The first-order valence-electron chi connectivity index (χ1n) is 9.03. The average molecular weight is 383 g/mol. The summed E-state index contributed by atoms with van der Waals surface area (Å²) < 4.78 is 5.15. The zero-order chi connectivity index (χ0) is 20.4. The highest BCUT2D eigenvalue weighted by molar-refractivity contribution is 5.86. The Kier molecular flexibility index (Phi) is 8.02. The van der Waals surface area contributed by atoms with E-state index >= 15 is 0 Å². The van der Waals surface area contributed by atoms with Crippen LogP contribution < -0.4 is 16.4 Å². The highest BCUT2D eigenvalue weighted by Crippen LogP contribution is 2.05. The number of aryl methyl sites for hydroxylation is 1. The van der Waals surface area contributed by atoms with Gasteiger partial charge in [0.25, 0.3) is 0 Å². The number of hydrogen-bond donors (Lipinski definition) is 3. The van der Waals surface area contributed by atoms with Crippen LogP contribution in [0.5, 0.6) is 0 Å². The molecule has 148 valence electrons. The molecule has 0 aromatic heterocycles. The number of carbonyl (C=O) groups is 3. The van der Waals surface area contributed by atoms with Crippen LogP contribution in [0.3, 0.4) is 0 Å². The molecular weight excluding hydrogens is 358 g/mol. The minimum Gasteiger partial charge on any atom is -0.445 e. The largest absolute Gasteiger partial charge is 0.445 e. The highest BCUT2D eigenvalue weighted by atomic mass is 16.5. The molecule has 0 aliphatic carbocycles. The predicted molar refractivity (Wildman–Crippen MR) is 105 cm³/mol. The maximum Gasteiger partial charge on any atom is 0.408 e. The monoisotopic (exact) mass is 383 g/mol. The maximum absolute atomic E-state index is 12.5. The molecule has 2 rings (SSSR count). The Morgan fingerprint density at radius 1 is 1.00 bits per heavy atom. The molecule has 0 saturated heterocycles. The van der Waals surface area contributed by atoms with Crippen LogP contribution in [0.25, 0.3) is 0 Å². The Morgan fingerprint density at radius 2 is 1.68 bits per heavy atom. The number of amides is 3. The van der Waals surface area contributed by atoms with Crippen molar-refractivity contribution in [2.75, 3.05) is 0 Å². The van der Waals surface area contributed by atoms with Crippen molar-refractivity contribution in [3.63, 3.8) is 0 Å². The molecule has 1 atom stereocenters. The molecule has 7 heteroatoms. The molecule has 0 heterocycles. The Hall–Kier alpha value is -3.35. The van der Waals surface area contributed by atoms with E-state index in [4.69, 9.17) is 10.5 Å². The standard InChI is InChI=1S/C21H25N3O4/c1-15-7-9-16(10-8-15)13-23-20(26)18(11-12-19(22)25)24-21(27)28-14-17-5-3-2-4-6-17/h2-10,18H,11-14H2,1H3,(H2,22,25)(H,23,26)(H,24,27)/t18-/m0/s1. The topological polar surface area (TPSA) is 111 Å². The van der Waals surface area contributed by atoms with Crippen molar-refractivity contribution in [2.24, 2.45) is 5.73 Å². The molecule has 0 aliphatic rings. The van der Waals surface area contributed by atoms with Crippen LogP contribution in [0, 0.1) is 6.92 Å². The number of carbonyl (C=O) groups excluding carboxylic acids is 3. The molecule has 0 bridgehead atoms. The lowest BCUT2D eigenvalue weighted by atomic mass is 10.1. The van der Waals surface area contributed by atoms with Gasteiger partial charge in [-0.2, -0.15) is 0 Å². The second-order valence-electron chi connectivity index (χ2n) is 6.47. The van der Waals surface area contributed by atoms with E-state index in [1.54, 1.807) is 0 Å². The van der Waals surface area contributed by atoms with Crippen LogP contribution in [-0.4, -0.2) is 23.9 Å². The zero-order valence-electron chi connectivity index (χ0n) is 15.8. The van der Waals surface area contributed by atoms with E-state index in [1.807, 2.05) is 61.5 Å². The van der Waals surface area contributed by atoms with Crippen LogP contribution in [0.1, 0.15) is 29.5 Å². The quantitative estimate of drug-likeness (QED) is 0.616. The average Bonchev–Trinajstić information content (AvgIpc) is 2.69. The summed E-state index contributed by atoms with van der Waals surface area (Å²) >= 11 is 0. The SMILES string of the molecule is Cc1ccc(CNC(=O)[C@H](CCC(N)=O)NC(=O)OCc2ccccc2)cc1. The van der Waals surface area contributed by atoms with Crippen molar-refractivity contribution >= 4 is 17.9 Å². The number of alkyl carbamates (subject to hydrolysis) is 1. The van der Waals surface area contributed by atoms with Gasteiger partial charge in [-0.15, -0.1) is 0 Å². The number of benzene rings is 2. The van der Waals surface area contributed by atoms with Crippen molar-refractivity contribution < 1.29 is 19.1 Å². The third-order valence-corrected chi connectivity index (χ3v) is 4.09. The molecule has 3 amide bonds. The number of hydrogen-bond acceptors (Lipinski definition) is 4. The molecule has 0 unspecified atom stereocenters. The summed E-state index contributed by atoms with van der Waals surface area (Å²) in [6, 6.07) is 16.0. The van der Waals surface area contributed by atoms with E-state index in [1.165, 1.54) is 0 Å². The molecule has 0 aliphatic heterocycles. The smallest absolute Gasteiger partial charge is 0.408 e. The van der Waals surface area contributed by atoms with Crippen LogP contribution in [0.15, 0.2) is 54.6 Å². The zero-order valence-corrected chi connectivity index (χ0v) is 15.8. The minimum atomic E-state index is -0.916. The molecule has 0 fully saturated rings. The summed E-state index contributed by atoms with van der Waals surface area (Å²) in [5.74, 6) is -0.950. The fourth-order valence-electron chi connectivity index (χ4n) is 2.48. The highest BCUT2D eigenvalue weighted by Gasteiger charge is 2.22. The first-order chi connectivity index (χ1) is 13.4. The number of nitrogens with two attached hydrogens (primary N) is 1. The van der Waals surface area contributed by atoms with Gasteiger partial charge in [0.05, 0.1) is 0 Å². The van der Waals surface area contributed by atoms with Crippen LogP contribution in [-0.2, 0) is 27.5 Å². The van der Waals surface area contributed by atoms with Gasteiger partial charge >= 0.3 is 6.09 Å². The first-order valence-corrected chi connectivity index (χ1v) is 9.03. The number of primary amides is 1. The third kappa shape index (κ3) is 7.49. The number of nitrogens with one attached hydrogen (secondary N) is 2. The summed E-state index contributed by atoms with van der Waals surface area (Å²) in [6.07, 6.45) is -0.666. The van der Waals surface area contributed by atoms with Crippen molar-refractivity contribution in [1.29, 1.82) is 0 Å². The molecule has 0 radical (unpaired) electrons. The van der Waals surface area contributed by atoms with Crippen LogP contribution in [0.2, 0.25) is 0 Å². The van der Waals surface area contributed by atoms with Gasteiger partial charge < -0.3 is 21.1 Å². The first kappa shape index (κ1) is 21.0. The van der Waals surface area contributed by atoms with Gasteiger partial charge in [-0.3, -0.25) is 9.59 Å². The van der Waals surface area contributed by atoms with Crippen molar-refractivity contribution in [1.82, 2.24) is 10.6 Å². The molecule has 28 heavy (non-hydrogen) atoms. The molecular formula is C21H25N3O4. The van der Waals surface area contributed by atoms with Gasteiger partial charge in [0.15, 0.2) is 0 Å². The van der Waals surface area contributed by atoms with Gasteiger partial charge in [-0.05, 0) is 24.5 Å². The Balaban J connectivity index is 1.89. The lowest BCUT2D eigenvalue weighted by Crippen LogP contribution is -2.47. The molecule has 2 aromatic carbocycles. The molecule has 4 N–H and O–H groups in total. The number of rotatable bonds is 9. The minimum absolute atomic E-state index is 0.0262. The van der Waals surface area contributed by atoms with Gasteiger partial charge in [0.1, 0.15) is 12.6 Å². The normalized spacial score (nSPS) is 11.3. The van der Waals surface area contributed by atoms with E-state index in [0.29, 0.717) is 6.54 Å². The Labute approximate surface area is 164 Å². The fraction of sp³-hybridized carbons (Fsp3) is 0.286. The lowest BCUT2D eigenvalue weighted by molar-refractivity contribution is -0.123. The Morgan fingerprint density at radius 3 is 2.32 bits per heavy atom. The molecule has 0 saturated carbocycles. The molecule has 2 aromatic rings. The summed E-state index contributed by atoms with van der Waals surface area (Å²) in [5, 5.41) is 5.27. The van der Waals surface area contributed by atoms with E-state index in [2.05, 4.69) is 10.6 Å². The Bertz CT molecular complexity index is 791. The van der Waals surface area contributed by atoms with Gasteiger partial charge in [-0.1, -0.05) is 60.2 Å². The molecule has 7 nitrogen and oxygen atoms in total. The third-order valence-electron chi connectivity index (χ3n) is 4.09. The van der Waals surface area contributed by atoms with Crippen LogP contribution in [0.4, 0.5) is 4.79 Å². The summed E-state index contributed by atoms with van der Waals surface area (Å²) in [6.45, 7) is 2.38. The maximum atomic E-state index is 12.5. The number of ether oxygens (including phenoxy) is 1. The predicted octanol–water partition coefficient (Wildman–Crippen LogP) is 2.17. The lowest BCUT2D eigenvalue weighted by Gasteiger charge is -2.18. The van der Waals surface area contributed by atoms with E-state index < -0.39 is 23.9 Å². The second-order valence-corrected chi connectivity index (χ2v) is 6.47. The molecule has 0 spiro atoms. The van der Waals surface area contributed by atoms with Gasteiger partial charge in [0.2, 0.25) is 11.8 Å².